The summed E-state index contributed by atoms with van der Waals surface area (Å²) in [6.45, 7) is 4.29. The molecule has 0 amide bonds. The monoisotopic (exact) mass is 233 g/mol. The Morgan fingerprint density at radius 2 is 1.94 bits per heavy atom. The standard InChI is InChI=1S/C14H16FNO/c1-3-11-7-8-12(17-11)9-16-13-6-4-5-10(2)14(13)15/h4-8,16H,3,9H2,1-2H3. The number of rotatable bonds is 4. The van der Waals surface area contributed by atoms with Crippen molar-refractivity contribution in [3.8, 4) is 0 Å². The van der Waals surface area contributed by atoms with Gasteiger partial charge in [0.15, 0.2) is 0 Å². The molecule has 2 rings (SSSR count). The molecule has 1 heterocycles. The van der Waals surface area contributed by atoms with Crippen molar-refractivity contribution < 1.29 is 8.81 Å². The summed E-state index contributed by atoms with van der Waals surface area (Å²) < 4.78 is 19.2. The van der Waals surface area contributed by atoms with E-state index in [1.54, 1.807) is 19.1 Å². The molecular formula is C14H16FNO. The first kappa shape index (κ1) is 11.7. The highest BCUT2D eigenvalue weighted by Gasteiger charge is 2.05. The summed E-state index contributed by atoms with van der Waals surface area (Å²) in [4.78, 5) is 0. The molecule has 2 nitrogen and oxygen atoms in total. The van der Waals surface area contributed by atoms with Gasteiger partial charge in [-0.1, -0.05) is 19.1 Å². The second-order valence-corrected chi connectivity index (χ2v) is 4.01. The highest BCUT2D eigenvalue weighted by Crippen LogP contribution is 2.18. The summed E-state index contributed by atoms with van der Waals surface area (Å²) in [6, 6.07) is 9.18. The van der Waals surface area contributed by atoms with Gasteiger partial charge in [0, 0.05) is 6.42 Å². The zero-order valence-electron chi connectivity index (χ0n) is 10.1. The Hall–Kier alpha value is -1.77. The van der Waals surface area contributed by atoms with Gasteiger partial charge in [-0.3, -0.25) is 0 Å². The Morgan fingerprint density at radius 1 is 1.18 bits per heavy atom. The number of benzene rings is 1. The number of aryl methyl sites for hydroxylation is 2. The minimum atomic E-state index is -0.199. The van der Waals surface area contributed by atoms with Crippen molar-refractivity contribution in [1.29, 1.82) is 0 Å². The van der Waals surface area contributed by atoms with E-state index in [2.05, 4.69) is 5.32 Å². The second kappa shape index (κ2) is 5.04. The Bertz CT molecular complexity index is 505. The molecule has 2 aromatic rings. The lowest BCUT2D eigenvalue weighted by Crippen LogP contribution is -2.01. The lowest BCUT2D eigenvalue weighted by molar-refractivity contribution is 0.475. The molecule has 0 aliphatic carbocycles. The van der Waals surface area contributed by atoms with Gasteiger partial charge in [-0.15, -0.1) is 0 Å². The first-order valence-electron chi connectivity index (χ1n) is 5.77. The van der Waals surface area contributed by atoms with E-state index in [0.717, 1.165) is 17.9 Å². The number of nitrogens with one attached hydrogen (secondary N) is 1. The van der Waals surface area contributed by atoms with Gasteiger partial charge in [-0.25, -0.2) is 4.39 Å². The van der Waals surface area contributed by atoms with Gasteiger partial charge in [0.25, 0.3) is 0 Å². The van der Waals surface area contributed by atoms with Gasteiger partial charge in [0.2, 0.25) is 0 Å². The van der Waals surface area contributed by atoms with Crippen molar-refractivity contribution in [3.63, 3.8) is 0 Å². The first-order chi connectivity index (χ1) is 8.20. The Kier molecular flexibility index (Phi) is 3.47. The van der Waals surface area contributed by atoms with Crippen LogP contribution < -0.4 is 5.32 Å². The molecule has 0 unspecified atom stereocenters. The van der Waals surface area contributed by atoms with Gasteiger partial charge >= 0.3 is 0 Å². The van der Waals surface area contributed by atoms with Gasteiger partial charge in [0.05, 0.1) is 12.2 Å². The molecule has 0 fully saturated rings. The summed E-state index contributed by atoms with van der Waals surface area (Å²) >= 11 is 0. The van der Waals surface area contributed by atoms with Gasteiger partial charge < -0.3 is 9.73 Å². The maximum Gasteiger partial charge on any atom is 0.149 e. The first-order valence-corrected chi connectivity index (χ1v) is 5.77. The fourth-order valence-corrected chi connectivity index (χ4v) is 1.67. The van der Waals surface area contributed by atoms with E-state index in [4.69, 9.17) is 4.42 Å². The fraction of sp³-hybridized carbons (Fsp3) is 0.286. The summed E-state index contributed by atoms with van der Waals surface area (Å²) in [5.74, 6) is 1.57. The smallest absolute Gasteiger partial charge is 0.149 e. The lowest BCUT2D eigenvalue weighted by atomic mass is 10.2. The number of furan rings is 1. The van der Waals surface area contributed by atoms with Crippen LogP contribution in [-0.2, 0) is 13.0 Å². The van der Waals surface area contributed by atoms with E-state index < -0.39 is 0 Å². The van der Waals surface area contributed by atoms with Crippen molar-refractivity contribution in [1.82, 2.24) is 0 Å². The van der Waals surface area contributed by atoms with E-state index >= 15 is 0 Å². The summed E-state index contributed by atoms with van der Waals surface area (Å²) in [5.41, 5.74) is 1.16. The molecule has 1 aromatic carbocycles. The number of hydrogen-bond donors (Lipinski definition) is 1. The molecule has 0 aliphatic rings. The fourth-order valence-electron chi connectivity index (χ4n) is 1.67. The van der Waals surface area contributed by atoms with Crippen molar-refractivity contribution >= 4 is 5.69 Å². The molecule has 0 radical (unpaired) electrons. The van der Waals surface area contributed by atoms with Crippen molar-refractivity contribution in [2.45, 2.75) is 26.8 Å². The summed E-state index contributed by atoms with van der Waals surface area (Å²) in [6.07, 6.45) is 0.874. The Morgan fingerprint density at radius 3 is 2.65 bits per heavy atom. The van der Waals surface area contributed by atoms with Crippen LogP contribution in [0.15, 0.2) is 34.7 Å². The van der Waals surface area contributed by atoms with Crippen LogP contribution in [0.4, 0.5) is 10.1 Å². The molecule has 0 bridgehead atoms. The van der Waals surface area contributed by atoms with Gasteiger partial charge in [-0.2, -0.15) is 0 Å². The maximum absolute atomic E-state index is 13.7. The van der Waals surface area contributed by atoms with Gasteiger partial charge in [-0.05, 0) is 30.7 Å². The quantitative estimate of drug-likeness (QED) is 0.866. The molecule has 17 heavy (non-hydrogen) atoms. The third-order valence-electron chi connectivity index (χ3n) is 2.71. The maximum atomic E-state index is 13.7. The number of anilines is 1. The predicted octanol–water partition coefficient (Wildman–Crippen LogP) is 3.90. The van der Waals surface area contributed by atoms with Crippen molar-refractivity contribution in [2.75, 3.05) is 5.32 Å². The lowest BCUT2D eigenvalue weighted by Gasteiger charge is -2.07. The minimum Gasteiger partial charge on any atom is -0.464 e. The average Bonchev–Trinajstić information content (AvgIpc) is 2.79. The summed E-state index contributed by atoms with van der Waals surface area (Å²) in [7, 11) is 0. The second-order valence-electron chi connectivity index (χ2n) is 4.01. The van der Waals surface area contributed by atoms with Crippen LogP contribution in [0.1, 0.15) is 24.0 Å². The van der Waals surface area contributed by atoms with Crippen molar-refractivity contribution in [2.24, 2.45) is 0 Å². The zero-order chi connectivity index (χ0) is 12.3. The third kappa shape index (κ3) is 2.67. The SMILES string of the molecule is CCc1ccc(CNc2cccc(C)c2F)o1. The van der Waals surface area contributed by atoms with Crippen molar-refractivity contribution in [3.05, 3.63) is 53.2 Å². The number of halogens is 1. The summed E-state index contributed by atoms with van der Waals surface area (Å²) in [5, 5.41) is 3.04. The third-order valence-corrected chi connectivity index (χ3v) is 2.71. The van der Waals surface area contributed by atoms with Crippen LogP contribution in [-0.4, -0.2) is 0 Å². The van der Waals surface area contributed by atoms with E-state index in [1.807, 2.05) is 25.1 Å². The van der Waals surface area contributed by atoms with Crippen LogP contribution in [0.2, 0.25) is 0 Å². The van der Waals surface area contributed by atoms with Crippen LogP contribution in [0.3, 0.4) is 0 Å². The molecule has 0 atom stereocenters. The Labute approximate surface area is 100 Å². The molecule has 0 saturated heterocycles. The normalized spacial score (nSPS) is 10.5. The number of hydrogen-bond acceptors (Lipinski definition) is 2. The Balaban J connectivity index is 2.04. The molecule has 90 valence electrons. The van der Waals surface area contributed by atoms with Crippen LogP contribution in [0.25, 0.3) is 0 Å². The van der Waals surface area contributed by atoms with Crippen LogP contribution >= 0.6 is 0 Å². The van der Waals surface area contributed by atoms with Crippen LogP contribution in [0, 0.1) is 12.7 Å². The highest BCUT2D eigenvalue weighted by molar-refractivity contribution is 5.47. The largest absolute Gasteiger partial charge is 0.464 e. The topological polar surface area (TPSA) is 25.2 Å². The molecule has 0 spiro atoms. The average molecular weight is 233 g/mol. The van der Waals surface area contributed by atoms with E-state index in [9.17, 15) is 4.39 Å². The van der Waals surface area contributed by atoms with E-state index in [-0.39, 0.29) is 5.82 Å². The predicted molar refractivity (Wildman–Crippen MR) is 66.5 cm³/mol. The molecule has 3 heteroatoms. The minimum absolute atomic E-state index is 0.199. The van der Waals surface area contributed by atoms with Gasteiger partial charge in [0.1, 0.15) is 17.3 Å². The molecule has 0 saturated carbocycles. The zero-order valence-corrected chi connectivity index (χ0v) is 10.1. The van der Waals surface area contributed by atoms with E-state index in [1.165, 1.54) is 0 Å². The molecule has 0 aliphatic heterocycles. The molecule has 1 aromatic heterocycles. The molecule has 1 N–H and O–H groups in total. The highest BCUT2D eigenvalue weighted by atomic mass is 19.1. The van der Waals surface area contributed by atoms with Crippen LogP contribution in [0.5, 0.6) is 0 Å². The molecular weight excluding hydrogens is 217 g/mol. The van der Waals surface area contributed by atoms with E-state index in [0.29, 0.717) is 17.8 Å².